The van der Waals surface area contributed by atoms with Crippen LogP contribution in [0, 0.1) is 18.8 Å². The highest BCUT2D eigenvalue weighted by atomic mass is 16.4. The molecular weight excluding hydrogens is 554 g/mol. The van der Waals surface area contributed by atoms with Crippen LogP contribution >= 0.6 is 0 Å². The van der Waals surface area contributed by atoms with Crippen molar-refractivity contribution in [3.63, 3.8) is 0 Å². The van der Waals surface area contributed by atoms with Crippen LogP contribution in [-0.2, 0) is 33.8 Å². The predicted molar refractivity (Wildman–Crippen MR) is 169 cm³/mol. The second-order valence-corrected chi connectivity index (χ2v) is 12.8. The summed E-state index contributed by atoms with van der Waals surface area (Å²) in [6.07, 6.45) is 9.28. The number of carboxylic acid groups (broad SMARTS) is 1. The maximum Gasteiger partial charge on any atom is 0.307 e. The Hall–Kier alpha value is -3.68. The highest BCUT2D eigenvalue weighted by Gasteiger charge is 2.42. The van der Waals surface area contributed by atoms with Crippen molar-refractivity contribution in [2.45, 2.75) is 97.1 Å². The van der Waals surface area contributed by atoms with Crippen LogP contribution in [0.5, 0.6) is 0 Å². The lowest BCUT2D eigenvalue weighted by atomic mass is 9.77. The number of unbranched alkanes of at least 4 members (excludes halogenated alkanes) is 3. The van der Waals surface area contributed by atoms with E-state index in [9.17, 15) is 24.3 Å². The quantitative estimate of drug-likeness (QED) is 0.308. The van der Waals surface area contributed by atoms with Gasteiger partial charge in [0.25, 0.3) is 5.91 Å². The van der Waals surface area contributed by atoms with Gasteiger partial charge >= 0.3 is 5.97 Å². The van der Waals surface area contributed by atoms with Crippen LogP contribution in [0.1, 0.15) is 109 Å². The summed E-state index contributed by atoms with van der Waals surface area (Å²) in [7, 11) is 0. The first-order valence-corrected chi connectivity index (χ1v) is 16.6. The molecule has 3 atom stereocenters. The zero-order valence-corrected chi connectivity index (χ0v) is 26.3. The maximum atomic E-state index is 14.1. The van der Waals surface area contributed by atoms with Crippen LogP contribution in [0.3, 0.4) is 0 Å². The van der Waals surface area contributed by atoms with Crippen molar-refractivity contribution < 1.29 is 24.3 Å². The van der Waals surface area contributed by atoms with E-state index in [2.05, 4.69) is 36.5 Å². The fourth-order valence-corrected chi connectivity index (χ4v) is 7.44. The van der Waals surface area contributed by atoms with E-state index >= 15 is 0 Å². The van der Waals surface area contributed by atoms with Crippen LogP contribution in [-0.4, -0.2) is 58.2 Å². The molecule has 2 heterocycles. The first-order chi connectivity index (χ1) is 21.3. The van der Waals surface area contributed by atoms with E-state index in [0.717, 1.165) is 74.6 Å². The van der Waals surface area contributed by atoms with Gasteiger partial charge in [0.05, 0.1) is 17.9 Å². The third kappa shape index (κ3) is 7.00. The molecule has 2 aliphatic heterocycles. The van der Waals surface area contributed by atoms with Gasteiger partial charge in [0.2, 0.25) is 11.8 Å². The number of carbonyl (C=O) groups excluding carboxylic acids is 3. The topological polar surface area (TPSA) is 107 Å². The number of carboxylic acids is 1. The molecule has 3 aliphatic rings. The normalized spacial score (nSPS) is 21.1. The van der Waals surface area contributed by atoms with Crippen LogP contribution < -0.4 is 5.32 Å². The van der Waals surface area contributed by atoms with E-state index in [1.807, 2.05) is 28.9 Å². The number of aryl methyl sites for hydroxylation is 2. The number of hydrogen-bond acceptors (Lipinski definition) is 4. The summed E-state index contributed by atoms with van der Waals surface area (Å²) in [4.78, 5) is 54.9. The van der Waals surface area contributed by atoms with Crippen molar-refractivity contribution in [3.8, 4) is 0 Å². The molecule has 3 amide bonds. The summed E-state index contributed by atoms with van der Waals surface area (Å²) in [6, 6.07) is 12.1. The number of rotatable bonds is 12. The lowest BCUT2D eigenvalue weighted by Crippen LogP contribution is -2.49. The van der Waals surface area contributed by atoms with Gasteiger partial charge in [-0.3, -0.25) is 19.2 Å². The van der Waals surface area contributed by atoms with Crippen LogP contribution in [0.2, 0.25) is 0 Å². The summed E-state index contributed by atoms with van der Waals surface area (Å²) in [5.41, 5.74) is 6.49. The van der Waals surface area contributed by atoms with Gasteiger partial charge in [0.15, 0.2) is 0 Å². The molecule has 1 saturated carbocycles. The molecule has 8 heteroatoms. The van der Waals surface area contributed by atoms with Gasteiger partial charge in [-0.15, -0.1) is 0 Å². The zero-order valence-electron chi connectivity index (χ0n) is 26.3. The predicted octanol–water partition coefficient (Wildman–Crippen LogP) is 5.60. The minimum atomic E-state index is -0.880. The Morgan fingerprint density at radius 2 is 1.77 bits per heavy atom. The van der Waals surface area contributed by atoms with E-state index in [4.69, 9.17) is 0 Å². The molecule has 0 radical (unpaired) electrons. The zero-order chi connectivity index (χ0) is 31.2. The van der Waals surface area contributed by atoms with Gasteiger partial charge in [0.1, 0.15) is 0 Å². The van der Waals surface area contributed by atoms with Crippen molar-refractivity contribution in [2.24, 2.45) is 11.8 Å². The molecule has 8 nitrogen and oxygen atoms in total. The summed E-state index contributed by atoms with van der Waals surface area (Å²) in [5, 5.41) is 12.8. The molecule has 44 heavy (non-hydrogen) atoms. The van der Waals surface area contributed by atoms with Gasteiger partial charge in [-0.25, -0.2) is 0 Å². The molecule has 0 bridgehead atoms. The van der Waals surface area contributed by atoms with Crippen molar-refractivity contribution in [3.05, 3.63) is 69.8 Å². The molecule has 2 N–H and O–H groups in total. The molecule has 1 fully saturated rings. The summed E-state index contributed by atoms with van der Waals surface area (Å²) in [5.74, 6) is -2.02. The fraction of sp³-hybridized carbons (Fsp3) is 0.556. The lowest BCUT2D eigenvalue weighted by molar-refractivity contribution is -0.153. The van der Waals surface area contributed by atoms with Gasteiger partial charge in [0, 0.05) is 38.2 Å². The number of nitrogens with zero attached hydrogens (tertiary/aromatic N) is 2. The summed E-state index contributed by atoms with van der Waals surface area (Å²) >= 11 is 0. The molecule has 0 spiro atoms. The SMILES string of the molecule is CCC(=O)NCCCCCCc1ccc2c(c1)CN(C[C@@H]1c3cccc(C)c3CCN1C(=O)[C@@H]1CCCC[C@@H]1C(=O)O)C2=O. The van der Waals surface area contributed by atoms with Crippen molar-refractivity contribution >= 4 is 23.7 Å². The third-order valence-corrected chi connectivity index (χ3v) is 9.95. The Labute approximate surface area is 261 Å². The first-order valence-electron chi connectivity index (χ1n) is 16.6. The molecule has 0 saturated heterocycles. The minimum absolute atomic E-state index is 0.00562. The fourth-order valence-electron chi connectivity index (χ4n) is 7.44. The number of benzene rings is 2. The first kappa shape index (κ1) is 31.7. The number of amides is 3. The Balaban J connectivity index is 1.26. The molecule has 5 rings (SSSR count). The Morgan fingerprint density at radius 3 is 2.55 bits per heavy atom. The summed E-state index contributed by atoms with van der Waals surface area (Å²) in [6.45, 7) is 6.13. The number of hydrogen-bond donors (Lipinski definition) is 2. The number of nitrogens with one attached hydrogen (secondary N) is 1. The molecular formula is C36H47N3O5. The second kappa shape index (κ2) is 14.4. The molecule has 1 aliphatic carbocycles. The molecule has 0 aromatic heterocycles. The summed E-state index contributed by atoms with van der Waals surface area (Å²) < 4.78 is 0. The van der Waals surface area contributed by atoms with Gasteiger partial charge < -0.3 is 20.2 Å². The van der Waals surface area contributed by atoms with Crippen molar-refractivity contribution in [2.75, 3.05) is 19.6 Å². The van der Waals surface area contributed by atoms with Crippen LogP contribution in [0.15, 0.2) is 36.4 Å². The Morgan fingerprint density at radius 1 is 1.00 bits per heavy atom. The molecule has 0 unspecified atom stereocenters. The standard InChI is InChI=1S/C36H47N3O5/c1-3-33(40)37-19-9-5-4-6-12-25-16-17-28-26(21-25)22-38(34(28)41)23-32-29-15-10-11-24(2)27(29)18-20-39(32)35(42)30-13-7-8-14-31(30)36(43)44/h10-11,15-17,21,30-32H,3-9,12-14,18-20,22-23H2,1-2H3,(H,37,40)(H,43,44)/t30-,31+,32-/m1/s1. The van der Waals surface area contributed by atoms with E-state index < -0.39 is 17.8 Å². The average Bonchev–Trinajstić information content (AvgIpc) is 3.34. The smallest absolute Gasteiger partial charge is 0.307 e. The number of aliphatic carboxylic acids is 1. The Bertz CT molecular complexity index is 1390. The van der Waals surface area contributed by atoms with E-state index in [1.54, 1.807) is 0 Å². The molecule has 2 aromatic rings. The van der Waals surface area contributed by atoms with Gasteiger partial charge in [-0.2, -0.15) is 0 Å². The van der Waals surface area contributed by atoms with Crippen LogP contribution in [0.4, 0.5) is 0 Å². The molecule has 236 valence electrons. The van der Waals surface area contributed by atoms with E-state index in [0.29, 0.717) is 38.9 Å². The van der Waals surface area contributed by atoms with E-state index in [1.165, 1.54) is 16.7 Å². The number of carbonyl (C=O) groups is 4. The number of fused-ring (bicyclic) bond motifs is 2. The minimum Gasteiger partial charge on any atom is -0.481 e. The van der Waals surface area contributed by atoms with Crippen molar-refractivity contribution in [1.82, 2.24) is 15.1 Å². The maximum absolute atomic E-state index is 14.1. The van der Waals surface area contributed by atoms with Gasteiger partial charge in [-0.05, 0) is 79.3 Å². The largest absolute Gasteiger partial charge is 0.481 e. The van der Waals surface area contributed by atoms with Crippen LogP contribution in [0.25, 0.3) is 0 Å². The highest BCUT2D eigenvalue weighted by Crippen LogP contribution is 2.39. The monoisotopic (exact) mass is 601 g/mol. The third-order valence-electron chi connectivity index (χ3n) is 9.95. The van der Waals surface area contributed by atoms with Crippen molar-refractivity contribution in [1.29, 1.82) is 0 Å². The molecule has 2 aromatic carbocycles. The Kier molecular flexibility index (Phi) is 10.4. The van der Waals surface area contributed by atoms with Gasteiger partial charge in [-0.1, -0.05) is 62.9 Å². The lowest BCUT2D eigenvalue weighted by Gasteiger charge is -2.42. The second-order valence-electron chi connectivity index (χ2n) is 12.8. The average molecular weight is 602 g/mol. The highest BCUT2D eigenvalue weighted by molar-refractivity contribution is 5.98. The van der Waals surface area contributed by atoms with E-state index in [-0.39, 0.29) is 23.8 Å².